The molecule has 0 atom stereocenters. The SMILES string of the molecule is O=S(=O)(NCc1ccncc1)C1CCNCC1. The predicted molar refractivity (Wildman–Crippen MR) is 65.9 cm³/mol. The zero-order valence-electron chi connectivity index (χ0n) is 9.59. The molecule has 94 valence electrons. The molecule has 1 aliphatic rings. The van der Waals surface area contributed by atoms with Crippen molar-refractivity contribution in [2.24, 2.45) is 0 Å². The van der Waals surface area contributed by atoms with Crippen LogP contribution in [-0.4, -0.2) is 31.7 Å². The van der Waals surface area contributed by atoms with E-state index in [0.717, 1.165) is 18.7 Å². The maximum absolute atomic E-state index is 12.0. The van der Waals surface area contributed by atoms with Crippen LogP contribution in [0.1, 0.15) is 18.4 Å². The van der Waals surface area contributed by atoms with E-state index in [4.69, 9.17) is 0 Å². The quantitative estimate of drug-likeness (QED) is 0.809. The second kappa shape index (κ2) is 5.57. The summed E-state index contributed by atoms with van der Waals surface area (Å²) in [5, 5.41) is 2.90. The molecule has 1 aromatic rings. The fourth-order valence-electron chi connectivity index (χ4n) is 1.91. The number of hydrogen-bond acceptors (Lipinski definition) is 4. The fourth-order valence-corrected chi connectivity index (χ4v) is 3.37. The minimum absolute atomic E-state index is 0.259. The van der Waals surface area contributed by atoms with Gasteiger partial charge in [0.05, 0.1) is 5.25 Å². The molecule has 1 fully saturated rings. The zero-order chi connectivity index (χ0) is 12.1. The monoisotopic (exact) mass is 255 g/mol. The van der Waals surface area contributed by atoms with Gasteiger partial charge < -0.3 is 5.32 Å². The van der Waals surface area contributed by atoms with Crippen molar-refractivity contribution >= 4 is 10.0 Å². The Hall–Kier alpha value is -0.980. The molecule has 0 radical (unpaired) electrons. The van der Waals surface area contributed by atoms with Gasteiger partial charge in [0.1, 0.15) is 0 Å². The third-order valence-corrected chi connectivity index (χ3v) is 4.85. The highest BCUT2D eigenvalue weighted by molar-refractivity contribution is 7.90. The van der Waals surface area contributed by atoms with Crippen molar-refractivity contribution in [3.05, 3.63) is 30.1 Å². The number of pyridine rings is 1. The highest BCUT2D eigenvalue weighted by Crippen LogP contribution is 2.12. The summed E-state index contributed by atoms with van der Waals surface area (Å²) >= 11 is 0. The van der Waals surface area contributed by atoms with Crippen LogP contribution in [0.15, 0.2) is 24.5 Å². The Balaban J connectivity index is 1.93. The predicted octanol–water partition coefficient (Wildman–Crippen LogP) is 0.253. The molecule has 0 aliphatic carbocycles. The van der Waals surface area contributed by atoms with Gasteiger partial charge in [-0.05, 0) is 43.6 Å². The Morgan fingerprint density at radius 3 is 2.59 bits per heavy atom. The molecule has 1 aliphatic heterocycles. The third kappa shape index (κ3) is 3.49. The van der Waals surface area contributed by atoms with E-state index in [1.165, 1.54) is 0 Å². The number of hydrogen-bond donors (Lipinski definition) is 2. The Bertz CT molecular complexity index is 441. The van der Waals surface area contributed by atoms with Gasteiger partial charge in [-0.1, -0.05) is 0 Å². The lowest BCUT2D eigenvalue weighted by Crippen LogP contribution is -2.41. The molecule has 2 N–H and O–H groups in total. The van der Waals surface area contributed by atoms with Crippen molar-refractivity contribution in [2.45, 2.75) is 24.6 Å². The Kier molecular flexibility index (Phi) is 4.09. The van der Waals surface area contributed by atoms with Crippen molar-refractivity contribution in [3.63, 3.8) is 0 Å². The average Bonchev–Trinajstić information content (AvgIpc) is 2.39. The van der Waals surface area contributed by atoms with Crippen LogP contribution in [0.25, 0.3) is 0 Å². The van der Waals surface area contributed by atoms with Gasteiger partial charge in [0.15, 0.2) is 0 Å². The molecule has 2 rings (SSSR count). The van der Waals surface area contributed by atoms with Crippen molar-refractivity contribution in [1.29, 1.82) is 0 Å². The average molecular weight is 255 g/mol. The lowest BCUT2D eigenvalue weighted by molar-refractivity contribution is 0.489. The van der Waals surface area contributed by atoms with Crippen molar-refractivity contribution < 1.29 is 8.42 Å². The fraction of sp³-hybridized carbons (Fsp3) is 0.545. The van der Waals surface area contributed by atoms with Crippen LogP contribution in [0.4, 0.5) is 0 Å². The number of nitrogens with one attached hydrogen (secondary N) is 2. The Morgan fingerprint density at radius 1 is 1.29 bits per heavy atom. The molecule has 17 heavy (non-hydrogen) atoms. The van der Waals surface area contributed by atoms with E-state index in [1.807, 2.05) is 12.1 Å². The highest BCUT2D eigenvalue weighted by atomic mass is 32.2. The molecule has 0 bridgehead atoms. The van der Waals surface area contributed by atoms with Crippen LogP contribution < -0.4 is 10.0 Å². The van der Waals surface area contributed by atoms with Crippen molar-refractivity contribution in [1.82, 2.24) is 15.0 Å². The first kappa shape index (κ1) is 12.5. The first-order valence-corrected chi connectivity index (χ1v) is 7.31. The van der Waals surface area contributed by atoms with Gasteiger partial charge in [-0.15, -0.1) is 0 Å². The van der Waals surface area contributed by atoms with Crippen molar-refractivity contribution in [2.75, 3.05) is 13.1 Å². The van der Waals surface area contributed by atoms with E-state index in [-0.39, 0.29) is 5.25 Å². The van der Waals surface area contributed by atoms with Gasteiger partial charge in [0, 0.05) is 18.9 Å². The largest absolute Gasteiger partial charge is 0.317 e. The Morgan fingerprint density at radius 2 is 1.94 bits per heavy atom. The summed E-state index contributed by atoms with van der Waals surface area (Å²) in [6.45, 7) is 1.90. The van der Waals surface area contributed by atoms with Gasteiger partial charge in [-0.2, -0.15) is 0 Å². The summed E-state index contributed by atoms with van der Waals surface area (Å²) in [5.41, 5.74) is 0.928. The van der Waals surface area contributed by atoms with Gasteiger partial charge >= 0.3 is 0 Å². The summed E-state index contributed by atoms with van der Waals surface area (Å²) in [6, 6.07) is 3.62. The third-order valence-electron chi connectivity index (χ3n) is 2.95. The molecule has 1 saturated heterocycles. The summed E-state index contributed by atoms with van der Waals surface area (Å²) in [5.74, 6) is 0. The summed E-state index contributed by atoms with van der Waals surface area (Å²) in [4.78, 5) is 3.89. The standard InChI is InChI=1S/C11H17N3O2S/c15-17(16,11-3-7-13-8-4-11)14-9-10-1-5-12-6-2-10/h1-2,5-6,11,13-14H,3-4,7-9H2. The number of sulfonamides is 1. The van der Waals surface area contributed by atoms with Crippen LogP contribution in [-0.2, 0) is 16.6 Å². The highest BCUT2D eigenvalue weighted by Gasteiger charge is 2.26. The minimum Gasteiger partial charge on any atom is -0.317 e. The number of nitrogens with zero attached hydrogens (tertiary/aromatic N) is 1. The number of rotatable bonds is 4. The van der Waals surface area contributed by atoms with Crippen LogP contribution in [0.3, 0.4) is 0 Å². The molecular weight excluding hydrogens is 238 g/mol. The molecule has 0 saturated carbocycles. The zero-order valence-corrected chi connectivity index (χ0v) is 10.4. The second-order valence-corrected chi connectivity index (χ2v) is 6.22. The van der Waals surface area contributed by atoms with E-state index in [2.05, 4.69) is 15.0 Å². The lowest BCUT2D eigenvalue weighted by atomic mass is 10.2. The lowest BCUT2D eigenvalue weighted by Gasteiger charge is -2.22. The van der Waals surface area contributed by atoms with E-state index in [9.17, 15) is 8.42 Å². The molecule has 0 aromatic carbocycles. The molecule has 0 unspecified atom stereocenters. The van der Waals surface area contributed by atoms with Gasteiger partial charge in [0.25, 0.3) is 0 Å². The van der Waals surface area contributed by atoms with Crippen LogP contribution in [0.5, 0.6) is 0 Å². The number of aromatic nitrogens is 1. The van der Waals surface area contributed by atoms with E-state index >= 15 is 0 Å². The van der Waals surface area contributed by atoms with Crippen molar-refractivity contribution in [3.8, 4) is 0 Å². The molecule has 0 spiro atoms. The molecule has 5 nitrogen and oxygen atoms in total. The Labute approximate surface area is 102 Å². The maximum Gasteiger partial charge on any atom is 0.214 e. The summed E-state index contributed by atoms with van der Waals surface area (Å²) in [6.07, 6.45) is 4.69. The maximum atomic E-state index is 12.0. The van der Waals surface area contributed by atoms with E-state index in [0.29, 0.717) is 19.4 Å². The minimum atomic E-state index is -3.19. The smallest absolute Gasteiger partial charge is 0.214 e. The second-order valence-electron chi connectivity index (χ2n) is 4.17. The first-order chi connectivity index (χ1) is 8.18. The van der Waals surface area contributed by atoms with Crippen LogP contribution in [0, 0.1) is 0 Å². The van der Waals surface area contributed by atoms with E-state index < -0.39 is 10.0 Å². The molecule has 6 heteroatoms. The number of piperidine rings is 1. The molecule has 0 amide bonds. The molecule has 1 aromatic heterocycles. The van der Waals surface area contributed by atoms with Gasteiger partial charge in [-0.25, -0.2) is 13.1 Å². The van der Waals surface area contributed by atoms with Gasteiger partial charge in [-0.3, -0.25) is 4.98 Å². The van der Waals surface area contributed by atoms with Crippen LogP contribution >= 0.6 is 0 Å². The van der Waals surface area contributed by atoms with E-state index in [1.54, 1.807) is 12.4 Å². The first-order valence-electron chi connectivity index (χ1n) is 5.76. The molecule has 2 heterocycles. The molecular formula is C11H17N3O2S. The topological polar surface area (TPSA) is 71.1 Å². The normalized spacial score (nSPS) is 18.1. The summed E-state index contributed by atoms with van der Waals surface area (Å²) in [7, 11) is -3.19. The summed E-state index contributed by atoms with van der Waals surface area (Å²) < 4.78 is 26.7. The van der Waals surface area contributed by atoms with Gasteiger partial charge in [0.2, 0.25) is 10.0 Å². The van der Waals surface area contributed by atoms with Crippen LogP contribution in [0.2, 0.25) is 0 Å².